The number of esters is 2. The van der Waals surface area contributed by atoms with Crippen LogP contribution in [0.15, 0.2) is 83.3 Å². The number of hydrogen-bond donors (Lipinski definition) is 0. The Morgan fingerprint density at radius 1 is 0.575 bits per heavy atom. The van der Waals surface area contributed by atoms with E-state index in [1.165, 1.54) is 0 Å². The van der Waals surface area contributed by atoms with E-state index in [1.807, 2.05) is 78.9 Å². The molecule has 0 fully saturated rings. The number of benzene rings is 4. The van der Waals surface area contributed by atoms with Crippen molar-refractivity contribution >= 4 is 118 Å². The Hall–Kier alpha value is -0.980. The molecule has 0 N–H and O–H groups in total. The van der Waals surface area contributed by atoms with E-state index in [9.17, 15) is 9.59 Å². The normalized spacial score (nSPS) is 10.7. The minimum atomic E-state index is -0.591. The second kappa shape index (κ2) is 15.5. The highest BCUT2D eigenvalue weighted by atomic mass is 127. The maximum absolute atomic E-state index is 12.6. The van der Waals surface area contributed by atoms with Crippen LogP contribution < -0.4 is 9.47 Å². The molecule has 40 heavy (non-hydrogen) atoms. The van der Waals surface area contributed by atoms with Gasteiger partial charge < -0.3 is 14.2 Å². The molecule has 0 aliphatic carbocycles. The van der Waals surface area contributed by atoms with E-state index < -0.39 is 11.9 Å². The van der Waals surface area contributed by atoms with Crippen LogP contribution in [-0.4, -0.2) is 11.9 Å². The highest BCUT2D eigenvalue weighted by molar-refractivity contribution is 14.1. The van der Waals surface area contributed by atoms with E-state index in [2.05, 4.69) is 106 Å². The highest BCUT2D eigenvalue weighted by Crippen LogP contribution is 2.31. The lowest BCUT2D eigenvalue weighted by Gasteiger charge is -2.13. The van der Waals surface area contributed by atoms with E-state index in [0.717, 1.165) is 52.5 Å². The first kappa shape index (κ1) is 31.9. The molecule has 0 radical (unpaired) electrons. The molecule has 0 heterocycles. The first-order chi connectivity index (χ1) is 19.2. The predicted molar refractivity (Wildman–Crippen MR) is 192 cm³/mol. The van der Waals surface area contributed by atoms with Crippen molar-refractivity contribution in [2.45, 2.75) is 26.1 Å². The molecule has 206 valence electrons. The second-order valence-corrected chi connectivity index (χ2v) is 14.2. The van der Waals surface area contributed by atoms with Gasteiger partial charge in [-0.25, -0.2) is 0 Å². The zero-order valence-corrected chi connectivity index (χ0v) is 31.0. The van der Waals surface area contributed by atoms with Crippen LogP contribution in [0.2, 0.25) is 0 Å². The fraction of sp³-hybridized carbons (Fsp3) is 0.133. The van der Waals surface area contributed by atoms with Crippen molar-refractivity contribution in [1.29, 1.82) is 0 Å². The molecular formula is C30H21BrI4O5. The summed E-state index contributed by atoms with van der Waals surface area (Å²) in [6.07, 6.45) is -0.0147. The van der Waals surface area contributed by atoms with Gasteiger partial charge in [0.2, 0.25) is 0 Å². The molecule has 0 bridgehead atoms. The lowest BCUT2D eigenvalue weighted by atomic mass is 10.1. The molecule has 4 rings (SSSR count). The van der Waals surface area contributed by atoms with Crippen LogP contribution in [0.1, 0.15) is 22.3 Å². The Kier molecular flexibility index (Phi) is 12.4. The number of hydrogen-bond acceptors (Lipinski definition) is 5. The molecule has 0 spiro atoms. The third-order valence-electron chi connectivity index (χ3n) is 5.54. The van der Waals surface area contributed by atoms with Crippen LogP contribution >= 0.6 is 106 Å². The summed E-state index contributed by atoms with van der Waals surface area (Å²) in [6.45, 7) is 0.887. The van der Waals surface area contributed by atoms with Gasteiger partial charge in [0.05, 0.1) is 27.1 Å². The van der Waals surface area contributed by atoms with Crippen molar-refractivity contribution in [3.63, 3.8) is 0 Å². The Labute approximate surface area is 295 Å². The number of halogens is 5. The molecule has 0 atom stereocenters. The summed E-state index contributed by atoms with van der Waals surface area (Å²) in [5.74, 6) is 0.348. The van der Waals surface area contributed by atoms with Crippen molar-refractivity contribution in [3.8, 4) is 11.5 Å². The predicted octanol–water partition coefficient (Wildman–Crippen LogP) is 8.88. The minimum Gasteiger partial charge on any atom is -0.487 e. The summed E-state index contributed by atoms with van der Waals surface area (Å²) < 4.78 is 21.8. The minimum absolute atomic E-state index is 0.00580. The molecule has 0 aliphatic heterocycles. The average Bonchev–Trinajstić information content (AvgIpc) is 2.88. The fourth-order valence-corrected chi connectivity index (χ4v) is 8.61. The molecule has 5 nitrogen and oxygen atoms in total. The topological polar surface area (TPSA) is 61.8 Å². The molecular weight excluding hydrogens is 1030 g/mol. The Morgan fingerprint density at radius 3 is 1.50 bits per heavy atom. The van der Waals surface area contributed by atoms with Gasteiger partial charge >= 0.3 is 11.9 Å². The van der Waals surface area contributed by atoms with Crippen LogP contribution in [0, 0.1) is 14.3 Å². The first-order valence-corrected chi connectivity index (χ1v) is 17.0. The van der Waals surface area contributed by atoms with Gasteiger partial charge in [-0.1, -0.05) is 58.4 Å². The van der Waals surface area contributed by atoms with Crippen LogP contribution in [0.5, 0.6) is 11.5 Å². The molecule has 4 aromatic carbocycles. The van der Waals surface area contributed by atoms with E-state index >= 15 is 0 Å². The van der Waals surface area contributed by atoms with Crippen molar-refractivity contribution in [2.75, 3.05) is 0 Å². The molecule has 0 saturated heterocycles. The first-order valence-electron chi connectivity index (χ1n) is 11.9. The van der Waals surface area contributed by atoms with Gasteiger partial charge in [0.1, 0.15) is 24.7 Å². The zero-order chi connectivity index (χ0) is 28.6. The standard InChI is InChI=1S/C30H21BrI4O5/c31-22-8-4-7-19(9-22)17-39-30-25(34)12-21(13-26(30)35)15-28(37)40-27(36)14-20-10-23(32)29(24(33)11-20)38-16-18-5-2-1-3-6-18/h1-13H,14-17H2. The summed E-state index contributed by atoms with van der Waals surface area (Å²) in [5.41, 5.74) is 3.64. The Bertz CT molecular complexity index is 1480. The van der Waals surface area contributed by atoms with Crippen molar-refractivity contribution in [1.82, 2.24) is 0 Å². The zero-order valence-electron chi connectivity index (χ0n) is 20.8. The summed E-state index contributed by atoms with van der Waals surface area (Å²) in [5, 5.41) is 0. The monoisotopic (exact) mass is 1050 g/mol. The van der Waals surface area contributed by atoms with Gasteiger partial charge in [-0.3, -0.25) is 9.59 Å². The molecule has 10 heteroatoms. The smallest absolute Gasteiger partial charge is 0.317 e. The Morgan fingerprint density at radius 2 is 1.02 bits per heavy atom. The number of carbonyl (C=O) groups excluding carboxylic acids is 2. The largest absolute Gasteiger partial charge is 0.487 e. The third-order valence-corrected chi connectivity index (χ3v) is 9.24. The number of ether oxygens (including phenoxy) is 3. The van der Waals surface area contributed by atoms with Crippen LogP contribution in [-0.2, 0) is 40.4 Å². The van der Waals surface area contributed by atoms with E-state index in [4.69, 9.17) is 14.2 Å². The summed E-state index contributed by atoms with van der Waals surface area (Å²) in [7, 11) is 0. The Balaban J connectivity index is 1.31. The van der Waals surface area contributed by atoms with Gasteiger partial charge in [-0.05, 0) is 149 Å². The third kappa shape index (κ3) is 9.52. The van der Waals surface area contributed by atoms with E-state index in [0.29, 0.717) is 13.2 Å². The van der Waals surface area contributed by atoms with Gasteiger partial charge in [-0.15, -0.1) is 0 Å². The fourth-order valence-electron chi connectivity index (χ4n) is 3.75. The molecule has 0 saturated carbocycles. The van der Waals surface area contributed by atoms with Gasteiger partial charge in [0, 0.05) is 4.47 Å². The molecule has 0 amide bonds. The van der Waals surface area contributed by atoms with Gasteiger partial charge in [0.15, 0.2) is 0 Å². The SMILES string of the molecule is O=C(Cc1cc(I)c(OCc2ccccc2)c(I)c1)OC(=O)Cc1cc(I)c(OCc2cccc(Br)c2)c(I)c1. The highest BCUT2D eigenvalue weighted by Gasteiger charge is 2.17. The van der Waals surface area contributed by atoms with Crippen molar-refractivity contribution in [3.05, 3.63) is 120 Å². The van der Waals surface area contributed by atoms with E-state index in [1.54, 1.807) is 0 Å². The van der Waals surface area contributed by atoms with Crippen LogP contribution in [0.25, 0.3) is 0 Å². The van der Waals surface area contributed by atoms with E-state index in [-0.39, 0.29) is 12.8 Å². The number of rotatable bonds is 10. The lowest BCUT2D eigenvalue weighted by Crippen LogP contribution is -2.16. The van der Waals surface area contributed by atoms with Crippen LogP contribution in [0.3, 0.4) is 0 Å². The number of carbonyl (C=O) groups is 2. The summed E-state index contributed by atoms with van der Waals surface area (Å²) >= 11 is 12.3. The van der Waals surface area contributed by atoms with Gasteiger partial charge in [-0.2, -0.15) is 0 Å². The maximum Gasteiger partial charge on any atom is 0.317 e. The van der Waals surface area contributed by atoms with Crippen LogP contribution in [0.4, 0.5) is 0 Å². The average molecular weight is 1050 g/mol. The molecule has 0 aliphatic rings. The van der Waals surface area contributed by atoms with Crippen molar-refractivity contribution < 1.29 is 23.8 Å². The summed E-state index contributed by atoms with van der Waals surface area (Å²) in [4.78, 5) is 25.1. The molecule has 0 unspecified atom stereocenters. The lowest BCUT2D eigenvalue weighted by molar-refractivity contribution is -0.158. The quantitative estimate of drug-likeness (QED) is 0.0904. The van der Waals surface area contributed by atoms with Gasteiger partial charge in [0.25, 0.3) is 0 Å². The molecule has 0 aromatic heterocycles. The second-order valence-electron chi connectivity index (χ2n) is 8.67. The summed E-state index contributed by atoms with van der Waals surface area (Å²) in [6, 6.07) is 25.4. The molecule has 4 aromatic rings. The maximum atomic E-state index is 12.6. The van der Waals surface area contributed by atoms with Crippen molar-refractivity contribution in [2.24, 2.45) is 0 Å².